The number of fused-ring (bicyclic) bond motifs is 6. The van der Waals surface area contributed by atoms with Crippen molar-refractivity contribution in [1.29, 1.82) is 0 Å². The molecule has 0 aliphatic heterocycles. The van der Waals surface area contributed by atoms with Gasteiger partial charge in [0.05, 0.1) is 28.1 Å². The van der Waals surface area contributed by atoms with Gasteiger partial charge in [0.25, 0.3) is 0 Å². The highest BCUT2D eigenvalue weighted by Crippen LogP contribution is 2.51. The van der Waals surface area contributed by atoms with E-state index in [0.29, 0.717) is 11.8 Å². The summed E-state index contributed by atoms with van der Waals surface area (Å²) in [7, 11) is 0. The maximum absolute atomic E-state index is 5.44. The van der Waals surface area contributed by atoms with Crippen molar-refractivity contribution in [3.05, 3.63) is 210 Å². The third kappa shape index (κ3) is 4.71. The summed E-state index contributed by atoms with van der Waals surface area (Å²) in [5, 5.41) is 5.08. The fourth-order valence-electron chi connectivity index (χ4n) is 9.74. The van der Waals surface area contributed by atoms with Gasteiger partial charge in [-0.15, -0.1) is 11.3 Å². The van der Waals surface area contributed by atoms with Crippen molar-refractivity contribution < 1.29 is 0 Å². The minimum atomic E-state index is 0.321. The molecule has 0 N–H and O–H groups in total. The minimum Gasteiger partial charge on any atom is -0.309 e. The van der Waals surface area contributed by atoms with E-state index in [2.05, 4.69) is 188 Å². The molecule has 56 heavy (non-hydrogen) atoms. The van der Waals surface area contributed by atoms with Crippen LogP contribution >= 0.6 is 11.3 Å². The van der Waals surface area contributed by atoms with Gasteiger partial charge in [-0.3, -0.25) is 0 Å². The molecular weight excluding hydrogens is 697 g/mol. The summed E-state index contributed by atoms with van der Waals surface area (Å²) in [4.78, 5) is 5.44. The Hall–Kier alpha value is -6.55. The molecule has 0 bridgehead atoms. The molecule has 264 valence electrons. The van der Waals surface area contributed by atoms with Crippen molar-refractivity contribution in [2.24, 2.45) is 11.8 Å². The van der Waals surface area contributed by atoms with Crippen LogP contribution in [0, 0.1) is 11.8 Å². The fraction of sp³-hybridized carbons (Fsp3) is 0.0755. The van der Waals surface area contributed by atoms with Crippen molar-refractivity contribution in [2.45, 2.75) is 13.3 Å². The standard InChI is InChI=1S/C53H36N2S/c1-2-32-10-5-13-35(28-32)36-24-26-46-42(29-36)43-30-37(25-27-47(43)55(46)48-19-9-21-50-53(48)40-15-3-4-20-49(40)56-50)44-17-8-18-45(54-44)41-31-38-14-6-11-33-22-23-34-12-7-16-39(41)52(34)51(33)38/h3-31,51-52H,2H2,1H3. The monoisotopic (exact) mass is 732 g/mol. The molecular formula is C53H36N2S. The van der Waals surface area contributed by atoms with Gasteiger partial charge in [0, 0.05) is 53.9 Å². The molecule has 2 atom stereocenters. The fourth-order valence-corrected chi connectivity index (χ4v) is 10.9. The lowest BCUT2D eigenvalue weighted by molar-refractivity contribution is 0.566. The molecule has 2 nitrogen and oxygen atoms in total. The van der Waals surface area contributed by atoms with E-state index >= 15 is 0 Å². The summed E-state index contributed by atoms with van der Waals surface area (Å²) in [5.41, 5.74) is 17.3. The first-order valence-electron chi connectivity index (χ1n) is 19.7. The maximum atomic E-state index is 5.44. The molecule has 4 aliphatic carbocycles. The minimum absolute atomic E-state index is 0.321. The molecule has 3 heterocycles. The predicted octanol–water partition coefficient (Wildman–Crippen LogP) is 13.9. The van der Waals surface area contributed by atoms with Crippen LogP contribution in [0.1, 0.15) is 18.2 Å². The Morgan fingerprint density at radius 2 is 1.29 bits per heavy atom. The van der Waals surface area contributed by atoms with Gasteiger partial charge < -0.3 is 4.57 Å². The SMILES string of the molecule is CCc1cccc(-c2ccc3c(c2)c2cc(-c4cccc(C5=C6C=CC=C7C=CC8=CC=CC(=C5)C8C76)n4)ccc2n3-c2cccc3sc4ccccc4c23)c1. The van der Waals surface area contributed by atoms with Gasteiger partial charge in [-0.1, -0.05) is 122 Å². The number of benzene rings is 5. The number of thiophene rings is 1. The Morgan fingerprint density at radius 3 is 2.16 bits per heavy atom. The largest absolute Gasteiger partial charge is 0.309 e. The van der Waals surface area contributed by atoms with Crippen molar-refractivity contribution in [3.8, 4) is 28.1 Å². The number of aromatic nitrogens is 2. The van der Waals surface area contributed by atoms with Crippen molar-refractivity contribution in [2.75, 3.05) is 0 Å². The second-order valence-electron chi connectivity index (χ2n) is 15.4. The third-order valence-electron chi connectivity index (χ3n) is 12.4. The highest BCUT2D eigenvalue weighted by atomic mass is 32.1. The first kappa shape index (κ1) is 31.8. The predicted molar refractivity (Wildman–Crippen MR) is 237 cm³/mol. The topological polar surface area (TPSA) is 17.8 Å². The van der Waals surface area contributed by atoms with E-state index in [9.17, 15) is 0 Å². The van der Waals surface area contributed by atoms with E-state index in [1.54, 1.807) is 0 Å². The summed E-state index contributed by atoms with van der Waals surface area (Å²) in [6.45, 7) is 2.22. The average molecular weight is 733 g/mol. The van der Waals surface area contributed by atoms with E-state index in [-0.39, 0.29) is 0 Å². The van der Waals surface area contributed by atoms with Gasteiger partial charge in [-0.2, -0.15) is 0 Å². The second-order valence-corrected chi connectivity index (χ2v) is 16.4. The van der Waals surface area contributed by atoms with Crippen LogP contribution in [0.15, 0.2) is 198 Å². The Balaban J connectivity index is 1.06. The van der Waals surface area contributed by atoms with Crippen LogP contribution < -0.4 is 0 Å². The summed E-state index contributed by atoms with van der Waals surface area (Å²) < 4.78 is 5.11. The molecule has 0 saturated carbocycles. The Kier molecular flexibility index (Phi) is 6.94. The molecule has 4 aliphatic rings. The van der Waals surface area contributed by atoms with Crippen LogP contribution in [-0.2, 0) is 6.42 Å². The van der Waals surface area contributed by atoms with Crippen molar-refractivity contribution in [1.82, 2.24) is 9.55 Å². The van der Waals surface area contributed by atoms with Crippen LogP contribution in [0.5, 0.6) is 0 Å². The molecule has 12 rings (SSSR count). The maximum Gasteiger partial charge on any atom is 0.0712 e. The van der Waals surface area contributed by atoms with Crippen LogP contribution in [0.3, 0.4) is 0 Å². The van der Waals surface area contributed by atoms with Crippen molar-refractivity contribution >= 4 is 58.9 Å². The first-order chi connectivity index (χ1) is 27.7. The van der Waals surface area contributed by atoms with Crippen molar-refractivity contribution in [3.63, 3.8) is 0 Å². The molecule has 0 spiro atoms. The summed E-state index contributed by atoms with van der Waals surface area (Å²) in [6.07, 6.45) is 21.6. The number of nitrogens with zero attached hydrogens (tertiary/aromatic N) is 2. The first-order valence-corrected chi connectivity index (χ1v) is 20.5. The molecule has 5 aromatic carbocycles. The third-order valence-corrected chi connectivity index (χ3v) is 13.5. The van der Waals surface area contributed by atoms with Crippen LogP contribution in [-0.4, -0.2) is 9.55 Å². The Morgan fingerprint density at radius 1 is 0.571 bits per heavy atom. The van der Waals surface area contributed by atoms with Gasteiger partial charge in [-0.25, -0.2) is 4.98 Å². The number of rotatable bonds is 5. The smallest absolute Gasteiger partial charge is 0.0712 e. The molecule has 2 unspecified atom stereocenters. The van der Waals surface area contributed by atoms with E-state index in [4.69, 9.17) is 4.98 Å². The zero-order valence-corrected chi connectivity index (χ0v) is 31.7. The molecule has 0 radical (unpaired) electrons. The molecule has 3 aromatic heterocycles. The number of pyridine rings is 1. The summed E-state index contributed by atoms with van der Waals surface area (Å²) >= 11 is 1.87. The van der Waals surface area contributed by atoms with Crippen LogP contribution in [0.2, 0.25) is 0 Å². The number of hydrogen-bond acceptors (Lipinski definition) is 2. The van der Waals surface area contributed by atoms with E-state index in [1.807, 2.05) is 11.3 Å². The van der Waals surface area contributed by atoms with Gasteiger partial charge in [-0.05, 0) is 106 Å². The van der Waals surface area contributed by atoms with Gasteiger partial charge in [0.1, 0.15) is 0 Å². The van der Waals surface area contributed by atoms with Crippen LogP contribution in [0.25, 0.3) is 75.6 Å². The number of aryl methyl sites for hydroxylation is 1. The Bertz CT molecular complexity index is 3240. The molecule has 8 aromatic rings. The second kappa shape index (κ2) is 12.2. The normalized spacial score (nSPS) is 18.2. The number of hydrogen-bond donors (Lipinski definition) is 0. The van der Waals surface area contributed by atoms with Gasteiger partial charge >= 0.3 is 0 Å². The lowest BCUT2D eigenvalue weighted by Crippen LogP contribution is -2.29. The summed E-state index contributed by atoms with van der Waals surface area (Å²) in [6, 6.07) is 45.1. The van der Waals surface area contributed by atoms with E-state index in [1.165, 1.54) is 92.2 Å². The van der Waals surface area contributed by atoms with Gasteiger partial charge in [0.15, 0.2) is 0 Å². The summed E-state index contributed by atoms with van der Waals surface area (Å²) in [5.74, 6) is 0.691. The van der Waals surface area contributed by atoms with E-state index in [0.717, 1.165) is 23.4 Å². The highest BCUT2D eigenvalue weighted by Gasteiger charge is 2.39. The quantitative estimate of drug-likeness (QED) is 0.172. The van der Waals surface area contributed by atoms with Crippen LogP contribution in [0.4, 0.5) is 0 Å². The average Bonchev–Trinajstić information content (AvgIpc) is 3.81. The zero-order valence-electron chi connectivity index (χ0n) is 30.9. The zero-order chi connectivity index (χ0) is 36.9. The molecule has 0 saturated heterocycles. The highest BCUT2D eigenvalue weighted by molar-refractivity contribution is 7.25. The molecule has 3 heteroatoms. The Labute approximate surface area is 329 Å². The lowest BCUT2D eigenvalue weighted by Gasteiger charge is -2.40. The lowest BCUT2D eigenvalue weighted by atomic mass is 9.63. The molecule has 0 amide bonds. The van der Waals surface area contributed by atoms with Gasteiger partial charge in [0.2, 0.25) is 0 Å². The molecule has 0 fully saturated rings. The van der Waals surface area contributed by atoms with E-state index < -0.39 is 0 Å². The number of allylic oxidation sites excluding steroid dienone is 14.